The summed E-state index contributed by atoms with van der Waals surface area (Å²) in [4.78, 5) is 18.6. The van der Waals surface area contributed by atoms with E-state index in [1.807, 2.05) is 42.5 Å². The molecule has 8 heteroatoms. The molecule has 2 saturated heterocycles. The van der Waals surface area contributed by atoms with Crippen molar-refractivity contribution in [2.24, 2.45) is 0 Å². The second-order valence-corrected chi connectivity index (χ2v) is 10.8. The fourth-order valence-electron chi connectivity index (χ4n) is 4.93. The van der Waals surface area contributed by atoms with Crippen molar-refractivity contribution >= 4 is 15.9 Å². The van der Waals surface area contributed by atoms with E-state index in [1.54, 1.807) is 41.6 Å². The zero-order chi connectivity index (χ0) is 24.4. The van der Waals surface area contributed by atoms with Crippen LogP contribution in [0, 0.1) is 11.8 Å². The van der Waals surface area contributed by atoms with Crippen LogP contribution < -0.4 is 0 Å². The quantitative estimate of drug-likeness (QED) is 0.556. The Hall–Kier alpha value is -3.51. The number of benzene rings is 2. The zero-order valence-corrected chi connectivity index (χ0v) is 19.8. The highest BCUT2D eigenvalue weighted by Crippen LogP contribution is 2.43. The topological polar surface area (TPSA) is 90.8 Å². The molecule has 0 unspecified atom stereocenters. The molecule has 3 atom stereocenters. The van der Waals surface area contributed by atoms with Crippen molar-refractivity contribution in [2.45, 2.75) is 23.8 Å². The fourth-order valence-corrected chi connectivity index (χ4v) is 6.41. The Morgan fingerprint density at radius 2 is 1.71 bits per heavy atom. The van der Waals surface area contributed by atoms with Crippen LogP contribution in [-0.4, -0.2) is 65.4 Å². The van der Waals surface area contributed by atoms with Gasteiger partial charge in [-0.3, -0.25) is 9.78 Å². The van der Waals surface area contributed by atoms with Crippen molar-refractivity contribution in [3.05, 3.63) is 101 Å². The molecule has 0 bridgehead atoms. The van der Waals surface area contributed by atoms with Crippen LogP contribution >= 0.6 is 0 Å². The number of amides is 1. The van der Waals surface area contributed by atoms with Gasteiger partial charge in [-0.25, -0.2) is 8.42 Å². The lowest BCUT2D eigenvalue weighted by molar-refractivity contribution is -0.158. The highest BCUT2D eigenvalue weighted by atomic mass is 32.2. The maximum Gasteiger partial charge on any atom is 0.238 e. The Morgan fingerprint density at radius 3 is 2.40 bits per heavy atom. The SMILES string of the molecule is O=C1CN(S(=O)(=O)Cc2ccccc2)C[C@H]2[C@@H](c3ccc(C#Cc4cccnc4)cc3)[C@@H](CO)N12. The first kappa shape index (κ1) is 23.2. The molecule has 0 saturated carbocycles. The van der Waals surface area contributed by atoms with Gasteiger partial charge in [-0.1, -0.05) is 54.3 Å². The van der Waals surface area contributed by atoms with E-state index >= 15 is 0 Å². The molecule has 1 aromatic heterocycles. The van der Waals surface area contributed by atoms with E-state index in [0.717, 1.165) is 16.7 Å². The van der Waals surface area contributed by atoms with Crippen LogP contribution in [0.1, 0.15) is 28.2 Å². The van der Waals surface area contributed by atoms with Gasteiger partial charge in [0.15, 0.2) is 0 Å². The van der Waals surface area contributed by atoms with Crippen LogP contribution in [0.15, 0.2) is 79.1 Å². The minimum absolute atomic E-state index is 0.147. The van der Waals surface area contributed by atoms with Crippen molar-refractivity contribution in [3.63, 3.8) is 0 Å². The van der Waals surface area contributed by atoms with Crippen molar-refractivity contribution < 1.29 is 18.3 Å². The van der Waals surface area contributed by atoms with Crippen molar-refractivity contribution in [2.75, 3.05) is 19.7 Å². The van der Waals surface area contributed by atoms with Crippen LogP contribution in [0.25, 0.3) is 0 Å². The fraction of sp³-hybridized carbons (Fsp3) is 0.259. The number of piperazine rings is 1. The second kappa shape index (κ2) is 9.62. The number of pyridine rings is 1. The van der Waals surface area contributed by atoms with Crippen LogP contribution in [0.5, 0.6) is 0 Å². The summed E-state index contributed by atoms with van der Waals surface area (Å²) in [5, 5.41) is 10.0. The molecule has 0 spiro atoms. The second-order valence-electron chi connectivity index (χ2n) is 8.79. The molecule has 2 aromatic carbocycles. The van der Waals surface area contributed by atoms with Crippen LogP contribution in [0.3, 0.4) is 0 Å². The summed E-state index contributed by atoms with van der Waals surface area (Å²) < 4.78 is 27.5. The number of sulfonamides is 1. The lowest BCUT2D eigenvalue weighted by Gasteiger charge is -2.58. The number of carbonyl (C=O) groups is 1. The maximum absolute atomic E-state index is 13.1. The molecule has 1 amide bonds. The monoisotopic (exact) mass is 487 g/mol. The lowest BCUT2D eigenvalue weighted by atomic mass is 9.74. The third-order valence-corrected chi connectivity index (χ3v) is 8.38. The first-order chi connectivity index (χ1) is 17.0. The van der Waals surface area contributed by atoms with Gasteiger partial charge in [0, 0.05) is 36.0 Å². The van der Waals surface area contributed by atoms with Crippen LogP contribution in [0.4, 0.5) is 0 Å². The van der Waals surface area contributed by atoms with Gasteiger partial charge in [-0.05, 0) is 35.4 Å². The summed E-state index contributed by atoms with van der Waals surface area (Å²) in [5.41, 5.74) is 3.29. The normalized spacial score (nSPS) is 22.0. The van der Waals surface area contributed by atoms with Gasteiger partial charge < -0.3 is 10.0 Å². The van der Waals surface area contributed by atoms with Gasteiger partial charge in [0.2, 0.25) is 15.9 Å². The van der Waals surface area contributed by atoms with E-state index in [0.29, 0.717) is 5.56 Å². The first-order valence-electron chi connectivity index (χ1n) is 11.4. The predicted octanol–water partition coefficient (Wildman–Crippen LogP) is 1.98. The standard InChI is InChI=1S/C27H25N3O4S/c31-18-25-27(23-12-10-20(11-13-23)8-9-21-7-4-14-28-15-21)24-16-29(17-26(32)30(24)25)35(33,34)19-22-5-2-1-3-6-22/h1-7,10-15,24-25,27,31H,16-19H2/t24-,25+,27+/m0/s1. The van der Waals surface area contributed by atoms with E-state index in [-0.39, 0.29) is 49.4 Å². The summed E-state index contributed by atoms with van der Waals surface area (Å²) in [5.74, 6) is 5.61. The summed E-state index contributed by atoms with van der Waals surface area (Å²) in [6, 6.07) is 19.7. The van der Waals surface area contributed by atoms with Gasteiger partial charge in [-0.15, -0.1) is 0 Å². The zero-order valence-electron chi connectivity index (χ0n) is 19.0. The minimum Gasteiger partial charge on any atom is -0.394 e. The molecule has 5 rings (SSSR count). The third kappa shape index (κ3) is 4.71. The Kier molecular flexibility index (Phi) is 6.39. The number of fused-ring (bicyclic) bond motifs is 1. The molecule has 3 heterocycles. The minimum atomic E-state index is -3.66. The van der Waals surface area contributed by atoms with Crippen LogP contribution in [0.2, 0.25) is 0 Å². The van der Waals surface area contributed by atoms with E-state index in [2.05, 4.69) is 16.8 Å². The Bertz CT molecular complexity index is 1370. The molecule has 0 radical (unpaired) electrons. The number of hydrogen-bond acceptors (Lipinski definition) is 5. The van der Waals surface area contributed by atoms with Crippen molar-refractivity contribution in [3.8, 4) is 11.8 Å². The van der Waals surface area contributed by atoms with Gasteiger partial charge in [0.25, 0.3) is 0 Å². The molecule has 2 fully saturated rings. The van der Waals surface area contributed by atoms with E-state index in [1.165, 1.54) is 4.31 Å². The molecular formula is C27H25N3O4S. The Balaban J connectivity index is 1.34. The summed E-state index contributed by atoms with van der Waals surface area (Å²) in [7, 11) is -3.66. The molecule has 0 aliphatic carbocycles. The van der Waals surface area contributed by atoms with Gasteiger partial charge in [0.1, 0.15) is 0 Å². The largest absolute Gasteiger partial charge is 0.394 e. The highest BCUT2D eigenvalue weighted by Gasteiger charge is 2.55. The van der Waals surface area contributed by atoms with E-state index in [9.17, 15) is 18.3 Å². The summed E-state index contributed by atoms with van der Waals surface area (Å²) >= 11 is 0. The van der Waals surface area contributed by atoms with Gasteiger partial charge in [0.05, 0.1) is 31.0 Å². The number of aliphatic hydroxyl groups is 1. The van der Waals surface area contributed by atoms with E-state index < -0.39 is 10.0 Å². The van der Waals surface area contributed by atoms with Gasteiger partial charge >= 0.3 is 0 Å². The molecule has 7 nitrogen and oxygen atoms in total. The molecule has 1 N–H and O–H groups in total. The molecule has 3 aromatic rings. The maximum atomic E-state index is 13.1. The average Bonchev–Trinajstić information content (AvgIpc) is 2.85. The highest BCUT2D eigenvalue weighted by molar-refractivity contribution is 7.88. The lowest BCUT2D eigenvalue weighted by Crippen LogP contribution is -2.73. The third-order valence-electron chi connectivity index (χ3n) is 6.61. The smallest absolute Gasteiger partial charge is 0.238 e. The number of aromatic nitrogens is 1. The molecule has 2 aliphatic rings. The Labute approximate surface area is 205 Å². The number of aliphatic hydroxyl groups excluding tert-OH is 1. The number of hydrogen-bond donors (Lipinski definition) is 1. The number of nitrogens with zero attached hydrogens (tertiary/aromatic N) is 3. The van der Waals surface area contributed by atoms with E-state index in [4.69, 9.17) is 0 Å². The summed E-state index contributed by atoms with van der Waals surface area (Å²) in [6.07, 6.45) is 3.40. The average molecular weight is 488 g/mol. The predicted molar refractivity (Wildman–Crippen MR) is 132 cm³/mol. The van der Waals surface area contributed by atoms with Crippen LogP contribution in [-0.2, 0) is 20.6 Å². The number of carbonyl (C=O) groups excluding carboxylic acids is 1. The molecule has 178 valence electrons. The number of rotatable bonds is 5. The summed E-state index contributed by atoms with van der Waals surface area (Å²) in [6.45, 7) is -0.158. The van der Waals surface area contributed by atoms with Crippen molar-refractivity contribution in [1.29, 1.82) is 0 Å². The molecular weight excluding hydrogens is 462 g/mol. The molecule has 35 heavy (non-hydrogen) atoms. The van der Waals surface area contributed by atoms with Crippen molar-refractivity contribution in [1.82, 2.24) is 14.2 Å². The van der Waals surface area contributed by atoms with Gasteiger partial charge in [-0.2, -0.15) is 4.31 Å². The first-order valence-corrected chi connectivity index (χ1v) is 13.0. The molecule has 2 aliphatic heterocycles. The Morgan fingerprint density at radius 1 is 0.971 bits per heavy atom.